The molecule has 2 fully saturated rings. The molecular weight excluding hydrogens is 514 g/mol. The number of ether oxygens (including phenoxy) is 1. The fraction of sp³-hybridized carbons (Fsp3) is 0.621. The Kier molecular flexibility index (Phi) is 10.7. The summed E-state index contributed by atoms with van der Waals surface area (Å²) in [6.45, 7) is 7.13. The zero-order valence-corrected chi connectivity index (χ0v) is 23.4. The van der Waals surface area contributed by atoms with Gasteiger partial charge in [0.15, 0.2) is 0 Å². The van der Waals surface area contributed by atoms with E-state index in [0.29, 0.717) is 31.7 Å². The molecule has 1 unspecified atom stereocenters. The van der Waals surface area contributed by atoms with Crippen LogP contribution in [0.1, 0.15) is 79.0 Å². The second kappa shape index (κ2) is 14.4. The van der Waals surface area contributed by atoms with Crippen molar-refractivity contribution in [1.82, 2.24) is 20.0 Å². The Bertz CT molecular complexity index is 1080. The highest BCUT2D eigenvalue weighted by atomic mass is 16.5. The predicted molar refractivity (Wildman–Crippen MR) is 149 cm³/mol. The Labute approximate surface area is 235 Å². The number of hydrogen-bond acceptors (Lipinski definition) is 8. The average Bonchev–Trinajstić information content (AvgIpc) is 3.23. The van der Waals surface area contributed by atoms with Crippen molar-refractivity contribution in [2.75, 3.05) is 51.2 Å². The molecule has 0 bridgehead atoms. The van der Waals surface area contributed by atoms with E-state index in [2.05, 4.69) is 15.5 Å². The Hall–Kier alpha value is -3.31. The summed E-state index contributed by atoms with van der Waals surface area (Å²) in [7, 11) is 0. The van der Waals surface area contributed by atoms with E-state index in [4.69, 9.17) is 4.74 Å². The van der Waals surface area contributed by atoms with Crippen molar-refractivity contribution >= 4 is 35.7 Å². The molecule has 0 aromatic heterocycles. The van der Waals surface area contributed by atoms with Gasteiger partial charge in [-0.05, 0) is 50.7 Å². The van der Waals surface area contributed by atoms with Crippen LogP contribution in [0.4, 0.5) is 5.69 Å². The van der Waals surface area contributed by atoms with Gasteiger partial charge in [0.05, 0.1) is 23.8 Å². The molecule has 2 N–H and O–H groups in total. The van der Waals surface area contributed by atoms with Crippen molar-refractivity contribution in [2.24, 2.45) is 0 Å². The molecular formula is C29H41N5O6. The molecule has 0 spiro atoms. The van der Waals surface area contributed by atoms with E-state index in [9.17, 15) is 24.0 Å². The Morgan fingerprint density at radius 3 is 2.52 bits per heavy atom. The SMILES string of the molecule is CCCC(C(=O)NC=O)N1C(=O)c2cccc(NCCOC3CCN(CCC(=O)N4CCCCC4)CC3)c2C1=O. The number of hydrogen-bond donors (Lipinski definition) is 2. The quantitative estimate of drug-likeness (QED) is 0.215. The van der Waals surface area contributed by atoms with Gasteiger partial charge in [0.25, 0.3) is 11.8 Å². The van der Waals surface area contributed by atoms with E-state index in [1.54, 1.807) is 18.2 Å². The van der Waals surface area contributed by atoms with Crippen LogP contribution < -0.4 is 10.6 Å². The summed E-state index contributed by atoms with van der Waals surface area (Å²) < 4.78 is 6.08. The predicted octanol–water partition coefficient (Wildman–Crippen LogP) is 2.02. The molecule has 218 valence electrons. The van der Waals surface area contributed by atoms with Gasteiger partial charge in [0, 0.05) is 51.4 Å². The van der Waals surface area contributed by atoms with Gasteiger partial charge in [0.2, 0.25) is 18.2 Å². The minimum absolute atomic E-state index is 0.141. The lowest BCUT2D eigenvalue weighted by Crippen LogP contribution is -2.49. The van der Waals surface area contributed by atoms with Crippen LogP contribution in [0, 0.1) is 0 Å². The third kappa shape index (κ3) is 7.06. The monoisotopic (exact) mass is 555 g/mol. The van der Waals surface area contributed by atoms with Crippen LogP contribution >= 0.6 is 0 Å². The number of nitrogens with zero attached hydrogens (tertiary/aromatic N) is 3. The Morgan fingerprint density at radius 2 is 1.82 bits per heavy atom. The number of amides is 5. The standard InChI is InChI=1S/C29H41N5O6/c1-2-7-24(27(37)31-20-35)34-28(38)22-8-6-9-23(26(22)29(34)39)30-13-19-40-21-10-16-32(17-11-21)18-12-25(36)33-14-4-3-5-15-33/h6,8-9,20-21,24,30H,2-5,7,10-19H2,1H3,(H,31,35,37). The normalized spacial score (nSPS) is 18.9. The number of rotatable bonds is 13. The van der Waals surface area contributed by atoms with Gasteiger partial charge in [-0.2, -0.15) is 0 Å². The van der Waals surface area contributed by atoms with Crippen molar-refractivity contribution in [3.63, 3.8) is 0 Å². The zero-order valence-electron chi connectivity index (χ0n) is 23.4. The Morgan fingerprint density at radius 1 is 1.07 bits per heavy atom. The van der Waals surface area contributed by atoms with Crippen molar-refractivity contribution in [3.8, 4) is 0 Å². The van der Waals surface area contributed by atoms with E-state index in [1.807, 2.05) is 11.8 Å². The first-order valence-electron chi connectivity index (χ1n) is 14.5. The highest BCUT2D eigenvalue weighted by Crippen LogP contribution is 2.31. The van der Waals surface area contributed by atoms with Gasteiger partial charge >= 0.3 is 0 Å². The zero-order chi connectivity index (χ0) is 28.5. The molecule has 1 aromatic carbocycles. The summed E-state index contributed by atoms with van der Waals surface area (Å²) in [5, 5.41) is 5.29. The summed E-state index contributed by atoms with van der Waals surface area (Å²) >= 11 is 0. The highest BCUT2D eigenvalue weighted by Gasteiger charge is 2.43. The van der Waals surface area contributed by atoms with Gasteiger partial charge in [0.1, 0.15) is 6.04 Å². The molecule has 3 aliphatic rings. The van der Waals surface area contributed by atoms with Crippen molar-refractivity contribution in [1.29, 1.82) is 0 Å². The summed E-state index contributed by atoms with van der Waals surface area (Å²) in [5.41, 5.74) is 0.989. The van der Waals surface area contributed by atoms with Crippen LogP contribution in [-0.2, 0) is 19.1 Å². The first-order chi connectivity index (χ1) is 19.4. The number of anilines is 1. The van der Waals surface area contributed by atoms with Gasteiger partial charge in [-0.3, -0.25) is 34.2 Å². The number of nitrogens with one attached hydrogen (secondary N) is 2. The largest absolute Gasteiger partial charge is 0.382 e. The maximum Gasteiger partial charge on any atom is 0.264 e. The first-order valence-corrected chi connectivity index (χ1v) is 14.5. The molecule has 5 amide bonds. The lowest BCUT2D eigenvalue weighted by molar-refractivity contribution is -0.132. The highest BCUT2D eigenvalue weighted by molar-refractivity contribution is 6.25. The Balaban J connectivity index is 1.22. The van der Waals surface area contributed by atoms with Crippen LogP contribution in [0.25, 0.3) is 0 Å². The number of imide groups is 2. The fourth-order valence-electron chi connectivity index (χ4n) is 5.80. The fourth-order valence-corrected chi connectivity index (χ4v) is 5.80. The molecule has 3 heterocycles. The van der Waals surface area contributed by atoms with E-state index in [1.165, 1.54) is 6.42 Å². The summed E-state index contributed by atoms with van der Waals surface area (Å²) in [6, 6.07) is 3.96. The molecule has 1 aromatic rings. The van der Waals surface area contributed by atoms with Crippen molar-refractivity contribution in [3.05, 3.63) is 29.3 Å². The number of likely N-dealkylation sites (tertiary alicyclic amines) is 2. The summed E-state index contributed by atoms with van der Waals surface area (Å²) in [4.78, 5) is 67.3. The van der Waals surface area contributed by atoms with Crippen LogP contribution in [0.2, 0.25) is 0 Å². The van der Waals surface area contributed by atoms with Crippen LogP contribution in [-0.4, -0.2) is 103 Å². The third-order valence-corrected chi connectivity index (χ3v) is 7.98. The number of benzene rings is 1. The summed E-state index contributed by atoms with van der Waals surface area (Å²) in [5.74, 6) is -1.49. The second-order valence-corrected chi connectivity index (χ2v) is 10.7. The molecule has 11 nitrogen and oxygen atoms in total. The van der Waals surface area contributed by atoms with Gasteiger partial charge in [-0.15, -0.1) is 0 Å². The lowest BCUT2D eigenvalue weighted by atomic mass is 10.1. The van der Waals surface area contributed by atoms with Gasteiger partial charge in [-0.25, -0.2) is 0 Å². The molecule has 0 radical (unpaired) electrons. The number of carbonyl (C=O) groups is 5. The minimum atomic E-state index is -1.05. The van der Waals surface area contributed by atoms with E-state index in [-0.39, 0.29) is 36.0 Å². The lowest BCUT2D eigenvalue weighted by Gasteiger charge is -2.33. The number of piperidine rings is 2. The first kappa shape index (κ1) is 29.7. The minimum Gasteiger partial charge on any atom is -0.382 e. The van der Waals surface area contributed by atoms with E-state index < -0.39 is 23.8 Å². The van der Waals surface area contributed by atoms with Gasteiger partial charge < -0.3 is 19.9 Å². The summed E-state index contributed by atoms with van der Waals surface area (Å²) in [6.07, 6.45) is 7.06. The van der Waals surface area contributed by atoms with Gasteiger partial charge in [-0.1, -0.05) is 19.4 Å². The smallest absolute Gasteiger partial charge is 0.264 e. The van der Waals surface area contributed by atoms with Crippen LogP contribution in [0.3, 0.4) is 0 Å². The molecule has 11 heteroatoms. The molecule has 1 atom stereocenters. The molecule has 2 saturated heterocycles. The molecule has 0 aliphatic carbocycles. The maximum atomic E-state index is 13.3. The van der Waals surface area contributed by atoms with Crippen LogP contribution in [0.15, 0.2) is 18.2 Å². The van der Waals surface area contributed by atoms with Crippen molar-refractivity contribution < 1.29 is 28.7 Å². The topological polar surface area (TPSA) is 128 Å². The van der Waals surface area contributed by atoms with E-state index in [0.717, 1.165) is 63.3 Å². The van der Waals surface area contributed by atoms with Crippen LogP contribution in [0.5, 0.6) is 0 Å². The molecule has 40 heavy (non-hydrogen) atoms. The molecule has 3 aliphatic heterocycles. The average molecular weight is 556 g/mol. The third-order valence-electron chi connectivity index (χ3n) is 7.98. The number of fused-ring (bicyclic) bond motifs is 1. The van der Waals surface area contributed by atoms with Crippen molar-refractivity contribution in [2.45, 2.75) is 70.4 Å². The number of carbonyl (C=O) groups excluding carboxylic acids is 5. The molecule has 0 saturated carbocycles. The second-order valence-electron chi connectivity index (χ2n) is 10.7. The van der Waals surface area contributed by atoms with E-state index >= 15 is 0 Å². The molecule has 4 rings (SSSR count). The maximum absolute atomic E-state index is 13.3.